The number of hydrogen-bond donors (Lipinski definition) is 0. The third-order valence-electron chi connectivity index (χ3n) is 2.74. The van der Waals surface area contributed by atoms with Crippen molar-refractivity contribution in [2.24, 2.45) is 0 Å². The molecule has 0 saturated heterocycles. The maximum Gasteiger partial charge on any atom is 0.421 e. The molecular weight excluding hydrogens is 384 g/mol. The van der Waals surface area contributed by atoms with Gasteiger partial charge in [0.2, 0.25) is 0 Å². The Balaban J connectivity index is 2.51. The van der Waals surface area contributed by atoms with Crippen LogP contribution in [0.3, 0.4) is 0 Å². The van der Waals surface area contributed by atoms with Gasteiger partial charge in [-0.05, 0) is 34.1 Å². The fourth-order valence-corrected chi connectivity index (χ4v) is 2.19. The molecule has 0 unspecified atom stereocenters. The largest absolute Gasteiger partial charge is 0.421 e. The van der Waals surface area contributed by atoms with E-state index in [9.17, 15) is 35.9 Å². The number of carbonyl (C=O) groups excluding carboxylic acids is 2. The summed E-state index contributed by atoms with van der Waals surface area (Å²) in [7, 11) is 0. The van der Waals surface area contributed by atoms with E-state index < -0.39 is 41.0 Å². The first-order chi connectivity index (χ1) is 9.93. The number of carbonyl (C=O) groups is 2. The van der Waals surface area contributed by atoms with Crippen molar-refractivity contribution in [3.63, 3.8) is 0 Å². The second kappa shape index (κ2) is 5.11. The lowest BCUT2D eigenvalue weighted by molar-refractivity contribution is -0.138. The minimum absolute atomic E-state index is 0.0438. The van der Waals surface area contributed by atoms with Crippen molar-refractivity contribution >= 4 is 33.4 Å². The molecule has 0 aromatic heterocycles. The Morgan fingerprint density at radius 3 is 2.00 bits per heavy atom. The smallest absolute Gasteiger partial charge is 0.269 e. The number of halogens is 7. The van der Waals surface area contributed by atoms with Crippen LogP contribution in [0.25, 0.3) is 0 Å². The molecule has 1 heterocycles. The first kappa shape index (κ1) is 16.5. The summed E-state index contributed by atoms with van der Waals surface area (Å²) >= 11 is 2.81. The van der Waals surface area contributed by atoms with Gasteiger partial charge in [-0.2, -0.15) is 26.3 Å². The monoisotopic (exact) mass is 387 g/mol. The molecule has 0 bridgehead atoms. The second-order valence-corrected chi connectivity index (χ2v) is 5.05. The van der Waals surface area contributed by atoms with Crippen molar-refractivity contribution in [1.29, 1.82) is 0 Å². The Morgan fingerprint density at radius 1 is 0.955 bits per heavy atom. The summed E-state index contributed by atoms with van der Waals surface area (Å²) in [4.78, 5) is 23.3. The van der Waals surface area contributed by atoms with Crippen molar-refractivity contribution < 1.29 is 35.9 Å². The van der Waals surface area contributed by atoms with Crippen LogP contribution in [0.4, 0.5) is 32.0 Å². The van der Waals surface area contributed by atoms with Crippen LogP contribution in [0.5, 0.6) is 0 Å². The first-order valence-corrected chi connectivity index (χ1v) is 6.26. The van der Waals surface area contributed by atoms with E-state index in [1.54, 1.807) is 0 Å². The van der Waals surface area contributed by atoms with Crippen LogP contribution in [0.1, 0.15) is 5.56 Å². The predicted molar refractivity (Wildman–Crippen MR) is 65.8 cm³/mol. The highest BCUT2D eigenvalue weighted by Crippen LogP contribution is 2.39. The molecule has 3 nitrogen and oxygen atoms in total. The van der Waals surface area contributed by atoms with Crippen LogP contribution in [-0.4, -0.2) is 18.0 Å². The first-order valence-electron chi connectivity index (χ1n) is 5.47. The number of amides is 2. The molecular formula is C12H4BrF6NO2. The molecule has 118 valence electrons. The van der Waals surface area contributed by atoms with Crippen LogP contribution in [0.15, 0.2) is 34.3 Å². The molecule has 2 rings (SSSR count). The highest BCUT2D eigenvalue weighted by atomic mass is 79.9. The normalized spacial score (nSPS) is 16.3. The molecule has 1 aliphatic rings. The van der Waals surface area contributed by atoms with Gasteiger partial charge in [0, 0.05) is 10.5 Å². The van der Waals surface area contributed by atoms with E-state index in [2.05, 4.69) is 15.9 Å². The molecule has 10 heteroatoms. The number of rotatable bonds is 1. The van der Waals surface area contributed by atoms with Gasteiger partial charge in [0.15, 0.2) is 0 Å². The van der Waals surface area contributed by atoms with E-state index in [4.69, 9.17) is 0 Å². The molecule has 22 heavy (non-hydrogen) atoms. The zero-order valence-electron chi connectivity index (χ0n) is 10.2. The van der Waals surface area contributed by atoms with E-state index in [1.165, 1.54) is 0 Å². The van der Waals surface area contributed by atoms with E-state index in [-0.39, 0.29) is 15.4 Å². The average molecular weight is 388 g/mol. The topological polar surface area (TPSA) is 37.4 Å². The molecule has 0 spiro atoms. The fourth-order valence-electron chi connectivity index (χ4n) is 1.76. The third-order valence-corrected chi connectivity index (χ3v) is 3.41. The minimum atomic E-state index is -5.07. The van der Waals surface area contributed by atoms with Crippen LogP contribution < -0.4 is 4.90 Å². The molecule has 1 aromatic rings. The lowest BCUT2D eigenvalue weighted by Gasteiger charge is -2.19. The van der Waals surface area contributed by atoms with E-state index in [0.717, 1.165) is 6.07 Å². The van der Waals surface area contributed by atoms with Crippen molar-refractivity contribution in [3.05, 3.63) is 39.9 Å². The average Bonchev–Trinajstić information content (AvgIpc) is 2.64. The highest BCUT2D eigenvalue weighted by Gasteiger charge is 2.47. The summed E-state index contributed by atoms with van der Waals surface area (Å²) in [6.07, 6.45) is -9.80. The number of nitrogens with zero attached hydrogens (tertiary/aromatic N) is 1. The van der Waals surface area contributed by atoms with Crippen LogP contribution >= 0.6 is 15.9 Å². The zero-order valence-corrected chi connectivity index (χ0v) is 11.8. The summed E-state index contributed by atoms with van der Waals surface area (Å²) < 4.78 is 75.6. The summed E-state index contributed by atoms with van der Waals surface area (Å²) in [6, 6.07) is 1.98. The van der Waals surface area contributed by atoms with Gasteiger partial charge >= 0.3 is 12.4 Å². The molecule has 0 fully saturated rings. The third kappa shape index (κ3) is 2.87. The van der Waals surface area contributed by atoms with Crippen molar-refractivity contribution in [1.82, 2.24) is 0 Å². The highest BCUT2D eigenvalue weighted by molar-refractivity contribution is 9.10. The Morgan fingerprint density at radius 2 is 1.55 bits per heavy atom. The molecule has 0 radical (unpaired) electrons. The lowest BCUT2D eigenvalue weighted by atomic mass is 10.1. The standard InChI is InChI=1S/C12H4BrF6NO2/c13-7-2-1-5(11(14,15)16)3-8(7)20-9(21)4-6(10(20)22)12(17,18)19/h1-4H. The predicted octanol–water partition coefficient (Wildman–Crippen LogP) is 3.83. The number of imide groups is 1. The number of benzene rings is 1. The zero-order chi connectivity index (χ0) is 16.9. The fraction of sp³-hybridized carbons (Fsp3) is 0.167. The molecule has 1 aromatic carbocycles. The molecule has 1 aliphatic heterocycles. The summed E-state index contributed by atoms with van der Waals surface area (Å²) in [5.74, 6) is -3.09. The van der Waals surface area contributed by atoms with Crippen LogP contribution in [0.2, 0.25) is 0 Å². The van der Waals surface area contributed by atoms with Crippen molar-refractivity contribution in [3.8, 4) is 0 Å². The molecule has 0 atom stereocenters. The van der Waals surface area contributed by atoms with E-state index in [0.29, 0.717) is 12.1 Å². The minimum Gasteiger partial charge on any atom is -0.269 e. The van der Waals surface area contributed by atoms with Crippen LogP contribution in [-0.2, 0) is 15.8 Å². The Bertz CT molecular complexity index is 692. The summed E-state index contributed by atoms with van der Waals surface area (Å²) in [6.45, 7) is 0. The van der Waals surface area contributed by atoms with Crippen molar-refractivity contribution in [2.75, 3.05) is 4.90 Å². The maximum atomic E-state index is 12.7. The Kier molecular flexibility index (Phi) is 3.84. The van der Waals surface area contributed by atoms with Gasteiger partial charge in [0.1, 0.15) is 5.57 Å². The van der Waals surface area contributed by atoms with Gasteiger partial charge in [0.25, 0.3) is 11.8 Å². The molecule has 0 aliphatic carbocycles. The van der Waals surface area contributed by atoms with Gasteiger partial charge < -0.3 is 0 Å². The molecule has 0 N–H and O–H groups in total. The SMILES string of the molecule is O=C1C=C(C(F)(F)F)C(=O)N1c1cc(C(F)(F)F)ccc1Br. The van der Waals surface area contributed by atoms with E-state index >= 15 is 0 Å². The molecule has 2 amide bonds. The quantitative estimate of drug-likeness (QED) is 0.542. The van der Waals surface area contributed by atoms with Gasteiger partial charge in [0.05, 0.1) is 11.3 Å². The maximum absolute atomic E-state index is 12.7. The van der Waals surface area contributed by atoms with Gasteiger partial charge in [-0.3, -0.25) is 9.59 Å². The number of hydrogen-bond acceptors (Lipinski definition) is 2. The Hall–Kier alpha value is -1.84. The van der Waals surface area contributed by atoms with E-state index in [1.807, 2.05) is 0 Å². The molecule has 0 saturated carbocycles. The number of alkyl halides is 6. The van der Waals surface area contributed by atoms with Crippen molar-refractivity contribution in [2.45, 2.75) is 12.4 Å². The number of anilines is 1. The van der Waals surface area contributed by atoms with Gasteiger partial charge in [-0.15, -0.1) is 0 Å². The Labute approximate surface area is 127 Å². The second-order valence-electron chi connectivity index (χ2n) is 4.20. The van der Waals surface area contributed by atoms with Gasteiger partial charge in [-0.1, -0.05) is 0 Å². The summed E-state index contributed by atoms with van der Waals surface area (Å²) in [5.41, 5.74) is -3.55. The lowest BCUT2D eigenvalue weighted by Crippen LogP contribution is -2.34. The van der Waals surface area contributed by atoms with Gasteiger partial charge in [-0.25, -0.2) is 4.90 Å². The van der Waals surface area contributed by atoms with Crippen LogP contribution in [0, 0.1) is 0 Å². The summed E-state index contributed by atoms with van der Waals surface area (Å²) in [5, 5.41) is 0.